The minimum Gasteiger partial charge on any atom is -0.478 e. The fourth-order valence-electron chi connectivity index (χ4n) is 3.56. The quantitative estimate of drug-likeness (QED) is 0.260. The lowest BCUT2D eigenvalue weighted by atomic mass is 10.1. The van der Waals surface area contributed by atoms with Crippen LogP contribution >= 0.6 is 0 Å². The summed E-state index contributed by atoms with van der Waals surface area (Å²) in [5.41, 5.74) is 2.95. The third-order valence-corrected chi connectivity index (χ3v) is 5.39. The highest BCUT2D eigenvalue weighted by molar-refractivity contribution is 5.75. The van der Waals surface area contributed by atoms with Crippen molar-refractivity contribution in [3.63, 3.8) is 0 Å². The van der Waals surface area contributed by atoms with Gasteiger partial charge in [0.2, 0.25) is 12.2 Å². The summed E-state index contributed by atoms with van der Waals surface area (Å²) in [6.45, 7) is 0. The van der Waals surface area contributed by atoms with Gasteiger partial charge in [0, 0.05) is 11.1 Å². The summed E-state index contributed by atoms with van der Waals surface area (Å²) < 4.78 is 11.4. The SMILES string of the molecule is O=C(O)C(Oc1ccc(/C=C/c2ccc(OC(C(=O)O)c3ccccc3)cc2)cc1)c1ccccc1. The van der Waals surface area contributed by atoms with Gasteiger partial charge in [0.1, 0.15) is 11.5 Å². The van der Waals surface area contributed by atoms with E-state index in [1.807, 2.05) is 48.6 Å². The zero-order chi connectivity index (χ0) is 25.3. The minimum absolute atomic E-state index is 0.455. The molecule has 0 saturated carbocycles. The van der Waals surface area contributed by atoms with Crippen molar-refractivity contribution in [2.24, 2.45) is 0 Å². The molecule has 0 saturated heterocycles. The monoisotopic (exact) mass is 480 g/mol. The number of benzene rings is 4. The highest BCUT2D eigenvalue weighted by atomic mass is 16.5. The number of carboxylic acids is 2. The highest BCUT2D eigenvalue weighted by Gasteiger charge is 2.22. The summed E-state index contributed by atoms with van der Waals surface area (Å²) in [6, 6.07) is 31.9. The number of ether oxygens (including phenoxy) is 2. The molecule has 6 heteroatoms. The van der Waals surface area contributed by atoms with E-state index in [0.29, 0.717) is 22.6 Å². The molecule has 0 aliphatic rings. The van der Waals surface area contributed by atoms with Crippen LogP contribution in [0.15, 0.2) is 109 Å². The third-order valence-electron chi connectivity index (χ3n) is 5.39. The van der Waals surface area contributed by atoms with E-state index in [2.05, 4.69) is 0 Å². The Bertz CT molecular complexity index is 1210. The zero-order valence-electron chi connectivity index (χ0n) is 19.2. The molecule has 0 aromatic heterocycles. The van der Waals surface area contributed by atoms with Crippen LogP contribution in [0.4, 0.5) is 0 Å². The van der Waals surface area contributed by atoms with Crippen LogP contribution in [0.1, 0.15) is 34.5 Å². The van der Waals surface area contributed by atoms with Crippen LogP contribution in [0.3, 0.4) is 0 Å². The van der Waals surface area contributed by atoms with Gasteiger partial charge in [-0.15, -0.1) is 0 Å². The smallest absolute Gasteiger partial charge is 0.349 e. The largest absolute Gasteiger partial charge is 0.478 e. The Morgan fingerprint density at radius 2 is 0.861 bits per heavy atom. The third kappa shape index (κ3) is 6.39. The first-order valence-corrected chi connectivity index (χ1v) is 11.3. The van der Waals surface area contributed by atoms with Gasteiger partial charge in [0.25, 0.3) is 0 Å². The van der Waals surface area contributed by atoms with Crippen molar-refractivity contribution in [1.82, 2.24) is 0 Å². The van der Waals surface area contributed by atoms with Crippen LogP contribution < -0.4 is 9.47 Å². The van der Waals surface area contributed by atoms with Gasteiger partial charge >= 0.3 is 11.9 Å². The maximum atomic E-state index is 11.6. The van der Waals surface area contributed by atoms with E-state index in [1.54, 1.807) is 72.8 Å². The summed E-state index contributed by atoms with van der Waals surface area (Å²) >= 11 is 0. The van der Waals surface area contributed by atoms with Gasteiger partial charge in [-0.2, -0.15) is 0 Å². The van der Waals surface area contributed by atoms with Crippen molar-refractivity contribution in [1.29, 1.82) is 0 Å². The van der Waals surface area contributed by atoms with Crippen molar-refractivity contribution in [3.05, 3.63) is 131 Å². The molecule has 0 aliphatic heterocycles. The van der Waals surface area contributed by atoms with E-state index < -0.39 is 24.1 Å². The van der Waals surface area contributed by atoms with E-state index in [9.17, 15) is 19.8 Å². The molecule has 0 bridgehead atoms. The summed E-state index contributed by atoms with van der Waals surface area (Å²) in [7, 11) is 0. The molecule has 0 fully saturated rings. The molecule has 180 valence electrons. The molecule has 2 N–H and O–H groups in total. The topological polar surface area (TPSA) is 93.1 Å². The molecule has 0 spiro atoms. The van der Waals surface area contributed by atoms with Gasteiger partial charge in [0.15, 0.2) is 0 Å². The second kappa shape index (κ2) is 11.5. The molecule has 4 aromatic rings. The Morgan fingerprint density at radius 3 is 1.17 bits per heavy atom. The molecule has 2 atom stereocenters. The van der Waals surface area contributed by atoms with Crippen LogP contribution in [0, 0.1) is 0 Å². The fraction of sp³-hybridized carbons (Fsp3) is 0.0667. The fourth-order valence-corrected chi connectivity index (χ4v) is 3.56. The van der Waals surface area contributed by atoms with E-state index >= 15 is 0 Å². The Balaban J connectivity index is 1.39. The molecule has 36 heavy (non-hydrogen) atoms. The molecular weight excluding hydrogens is 456 g/mol. The lowest BCUT2D eigenvalue weighted by Gasteiger charge is -2.15. The summed E-state index contributed by atoms with van der Waals surface area (Å²) in [5.74, 6) is -1.21. The van der Waals surface area contributed by atoms with Crippen LogP contribution in [0.2, 0.25) is 0 Å². The predicted octanol–water partition coefficient (Wildman–Crippen LogP) is 6.27. The second-order valence-electron chi connectivity index (χ2n) is 7.97. The number of carboxylic acid groups (broad SMARTS) is 2. The van der Waals surface area contributed by atoms with Crippen molar-refractivity contribution < 1.29 is 29.3 Å². The number of aliphatic carboxylic acids is 2. The van der Waals surface area contributed by atoms with Gasteiger partial charge in [-0.25, -0.2) is 9.59 Å². The maximum absolute atomic E-state index is 11.6. The standard InChI is InChI=1S/C30H24O6/c31-29(32)27(23-7-3-1-4-8-23)35-25-17-13-21(14-18-25)11-12-22-15-19-26(20-16-22)36-28(30(33)34)24-9-5-2-6-10-24/h1-20,27-28H,(H,31,32)(H,33,34)/b12-11+. The molecular formula is C30H24O6. The van der Waals surface area contributed by atoms with E-state index in [0.717, 1.165) is 11.1 Å². The van der Waals surface area contributed by atoms with E-state index in [-0.39, 0.29) is 0 Å². The molecule has 2 unspecified atom stereocenters. The first-order valence-electron chi connectivity index (χ1n) is 11.3. The minimum atomic E-state index is -1.09. The molecule has 6 nitrogen and oxygen atoms in total. The Morgan fingerprint density at radius 1 is 0.528 bits per heavy atom. The van der Waals surface area contributed by atoms with E-state index in [4.69, 9.17) is 9.47 Å². The van der Waals surface area contributed by atoms with Gasteiger partial charge in [-0.3, -0.25) is 0 Å². The molecule has 4 aromatic carbocycles. The Hall–Kier alpha value is -4.84. The number of hydrogen-bond acceptors (Lipinski definition) is 4. The number of rotatable bonds is 10. The van der Waals surface area contributed by atoms with Crippen LogP contribution in [-0.4, -0.2) is 22.2 Å². The zero-order valence-corrected chi connectivity index (χ0v) is 19.2. The molecule has 0 radical (unpaired) electrons. The van der Waals surface area contributed by atoms with Gasteiger partial charge < -0.3 is 19.7 Å². The van der Waals surface area contributed by atoms with Crippen molar-refractivity contribution >= 4 is 24.1 Å². The first kappa shape index (κ1) is 24.3. The van der Waals surface area contributed by atoms with E-state index in [1.165, 1.54) is 0 Å². The lowest BCUT2D eigenvalue weighted by molar-refractivity contribution is -0.146. The highest BCUT2D eigenvalue weighted by Crippen LogP contribution is 2.25. The first-order chi connectivity index (χ1) is 17.5. The molecule has 0 amide bonds. The van der Waals surface area contributed by atoms with Crippen LogP contribution in [0.5, 0.6) is 11.5 Å². The molecule has 4 rings (SSSR count). The molecule has 0 aliphatic carbocycles. The summed E-state index contributed by atoms with van der Waals surface area (Å²) in [6.07, 6.45) is 1.65. The lowest BCUT2D eigenvalue weighted by Crippen LogP contribution is -2.18. The van der Waals surface area contributed by atoms with Crippen molar-refractivity contribution in [2.75, 3.05) is 0 Å². The van der Waals surface area contributed by atoms with Crippen molar-refractivity contribution in [2.45, 2.75) is 12.2 Å². The number of carbonyl (C=O) groups is 2. The molecule has 0 heterocycles. The Kier molecular flexibility index (Phi) is 7.78. The summed E-state index contributed by atoms with van der Waals surface area (Å²) in [5, 5.41) is 19.1. The van der Waals surface area contributed by atoms with Gasteiger partial charge in [0.05, 0.1) is 0 Å². The Labute approximate surface area is 208 Å². The normalized spacial score (nSPS) is 12.6. The van der Waals surface area contributed by atoms with Crippen LogP contribution in [0.25, 0.3) is 12.2 Å². The van der Waals surface area contributed by atoms with Crippen molar-refractivity contribution in [3.8, 4) is 11.5 Å². The summed E-state index contributed by atoms with van der Waals surface area (Å²) in [4.78, 5) is 23.3. The van der Waals surface area contributed by atoms with Crippen LogP contribution in [-0.2, 0) is 9.59 Å². The van der Waals surface area contributed by atoms with Gasteiger partial charge in [-0.1, -0.05) is 97.1 Å². The van der Waals surface area contributed by atoms with Gasteiger partial charge in [-0.05, 0) is 35.4 Å². The average Bonchev–Trinajstić information content (AvgIpc) is 2.91. The number of hydrogen-bond donors (Lipinski definition) is 2. The second-order valence-corrected chi connectivity index (χ2v) is 7.97. The average molecular weight is 481 g/mol. The maximum Gasteiger partial charge on any atom is 0.349 e. The predicted molar refractivity (Wildman–Crippen MR) is 137 cm³/mol.